The van der Waals surface area contributed by atoms with Crippen LogP contribution in [0.25, 0.3) is 17.0 Å². The minimum Gasteiger partial charge on any atom is -0.349 e. The van der Waals surface area contributed by atoms with Gasteiger partial charge >= 0.3 is 12.4 Å². The molecule has 1 atom stereocenters. The molecule has 0 unspecified atom stereocenters. The summed E-state index contributed by atoms with van der Waals surface area (Å²) in [5.41, 5.74) is -1.87. The number of alkyl halides is 6. The fourth-order valence-corrected chi connectivity index (χ4v) is 5.61. The molecule has 39 heavy (non-hydrogen) atoms. The van der Waals surface area contributed by atoms with Crippen molar-refractivity contribution in [2.45, 2.75) is 31.4 Å². The van der Waals surface area contributed by atoms with Crippen molar-refractivity contribution < 1.29 is 31.1 Å². The van der Waals surface area contributed by atoms with E-state index in [1.165, 1.54) is 22.6 Å². The number of benzene rings is 2. The number of nitrogens with zero attached hydrogens (tertiary/aromatic N) is 5. The van der Waals surface area contributed by atoms with Crippen LogP contribution in [0.2, 0.25) is 0 Å². The van der Waals surface area contributed by atoms with Gasteiger partial charge in [0, 0.05) is 24.5 Å². The van der Waals surface area contributed by atoms with Crippen molar-refractivity contribution in [3.8, 4) is 0 Å². The van der Waals surface area contributed by atoms with Gasteiger partial charge < -0.3 is 9.80 Å². The van der Waals surface area contributed by atoms with E-state index in [0.29, 0.717) is 38.6 Å². The summed E-state index contributed by atoms with van der Waals surface area (Å²) in [4.78, 5) is 21.5. The van der Waals surface area contributed by atoms with E-state index < -0.39 is 23.5 Å². The number of carbonyl (C=O) groups is 1. The van der Waals surface area contributed by atoms with Crippen LogP contribution in [0, 0.1) is 0 Å². The zero-order valence-corrected chi connectivity index (χ0v) is 21.7. The lowest BCUT2D eigenvalue weighted by atomic mass is 10.0. The number of fused-ring (bicyclic) bond motifs is 1. The SMILES string of the molecule is CN(C)[C@@H]1CCN(C2=NC(=O)/C(=C/c3ccc4c(cnn4Cc4ccc(C(F)(F)F)cc4C(F)(F)F)c3)S2)C1. The van der Waals surface area contributed by atoms with E-state index in [-0.39, 0.29) is 24.1 Å². The van der Waals surface area contributed by atoms with E-state index >= 15 is 0 Å². The van der Waals surface area contributed by atoms with Crippen LogP contribution in [0.3, 0.4) is 0 Å². The summed E-state index contributed by atoms with van der Waals surface area (Å²) in [6, 6.07) is 7.09. The maximum absolute atomic E-state index is 13.6. The molecule has 2 aromatic carbocycles. The molecule has 3 heterocycles. The smallest absolute Gasteiger partial charge is 0.349 e. The average molecular weight is 568 g/mol. The molecule has 1 amide bonds. The summed E-state index contributed by atoms with van der Waals surface area (Å²) < 4.78 is 81.0. The Morgan fingerprint density at radius 3 is 2.51 bits per heavy atom. The van der Waals surface area contributed by atoms with Crippen molar-refractivity contribution >= 4 is 39.8 Å². The molecule has 2 aliphatic rings. The van der Waals surface area contributed by atoms with E-state index in [1.807, 2.05) is 14.1 Å². The summed E-state index contributed by atoms with van der Waals surface area (Å²) in [5, 5.41) is 5.43. The van der Waals surface area contributed by atoms with Crippen LogP contribution in [-0.4, -0.2) is 63.9 Å². The summed E-state index contributed by atoms with van der Waals surface area (Å²) in [7, 11) is 4.04. The van der Waals surface area contributed by atoms with Gasteiger partial charge in [-0.05, 0) is 73.7 Å². The lowest BCUT2D eigenvalue weighted by molar-refractivity contribution is -0.143. The predicted octanol–water partition coefficient (Wildman–Crippen LogP) is 5.73. The van der Waals surface area contributed by atoms with E-state index in [9.17, 15) is 31.1 Å². The number of halogens is 6. The lowest BCUT2D eigenvalue weighted by Crippen LogP contribution is -2.33. The Labute approximate surface area is 224 Å². The van der Waals surface area contributed by atoms with Crippen LogP contribution in [0.4, 0.5) is 26.3 Å². The number of hydrogen-bond donors (Lipinski definition) is 0. The molecule has 2 aliphatic heterocycles. The van der Waals surface area contributed by atoms with Crippen molar-refractivity contribution in [1.29, 1.82) is 0 Å². The highest BCUT2D eigenvalue weighted by Crippen LogP contribution is 2.38. The van der Waals surface area contributed by atoms with Gasteiger partial charge in [-0.1, -0.05) is 12.1 Å². The Balaban J connectivity index is 1.36. The van der Waals surface area contributed by atoms with E-state index in [1.54, 1.807) is 24.3 Å². The standard InChI is InChI=1S/C26H23F6N5OS/c1-35(2)19-7-8-36(14-19)24-34-23(38)22(39-24)10-15-3-6-21-17(9-15)12-33-37(21)13-16-4-5-18(25(27,28)29)11-20(16)26(30,31)32/h3-6,9-12,19H,7-8,13-14H2,1-2H3/b22-10-/t19-/m1/s1. The third-order valence-electron chi connectivity index (χ3n) is 6.80. The number of thioether (sulfide) groups is 1. The first-order chi connectivity index (χ1) is 18.3. The van der Waals surface area contributed by atoms with Crippen LogP contribution < -0.4 is 0 Å². The number of carbonyl (C=O) groups excluding carboxylic acids is 1. The quantitative estimate of drug-likeness (QED) is 0.298. The highest BCUT2D eigenvalue weighted by molar-refractivity contribution is 8.18. The number of hydrogen-bond acceptors (Lipinski definition) is 5. The van der Waals surface area contributed by atoms with Crippen molar-refractivity contribution in [2.75, 3.05) is 27.2 Å². The monoisotopic (exact) mass is 567 g/mol. The molecule has 1 saturated heterocycles. The van der Waals surface area contributed by atoms with E-state index in [4.69, 9.17) is 0 Å². The van der Waals surface area contributed by atoms with Gasteiger partial charge in [0.15, 0.2) is 5.17 Å². The normalized spacial score (nSPS) is 19.7. The Morgan fingerprint density at radius 1 is 1.08 bits per heavy atom. The largest absolute Gasteiger partial charge is 0.416 e. The topological polar surface area (TPSA) is 53.7 Å². The number of likely N-dealkylation sites (N-methyl/N-ethyl adjacent to an activating group) is 1. The molecule has 13 heteroatoms. The first-order valence-electron chi connectivity index (χ1n) is 12.0. The molecule has 0 saturated carbocycles. The average Bonchev–Trinajstić information content (AvgIpc) is 3.57. The van der Waals surface area contributed by atoms with Gasteiger partial charge in [-0.2, -0.15) is 36.4 Å². The maximum Gasteiger partial charge on any atom is 0.416 e. The molecule has 3 aromatic rings. The van der Waals surface area contributed by atoms with Gasteiger partial charge in [0.2, 0.25) is 0 Å². The van der Waals surface area contributed by atoms with Gasteiger partial charge in [-0.15, -0.1) is 0 Å². The number of likely N-dealkylation sites (tertiary alicyclic amines) is 1. The number of aromatic nitrogens is 2. The van der Waals surface area contributed by atoms with Gasteiger partial charge in [0.05, 0.1) is 34.3 Å². The van der Waals surface area contributed by atoms with Gasteiger partial charge in [-0.3, -0.25) is 9.48 Å². The molecule has 0 aliphatic carbocycles. The third kappa shape index (κ3) is 5.69. The van der Waals surface area contributed by atoms with Crippen LogP contribution in [-0.2, 0) is 23.7 Å². The van der Waals surface area contributed by atoms with Gasteiger partial charge in [-0.25, -0.2) is 0 Å². The van der Waals surface area contributed by atoms with Gasteiger partial charge in [0.1, 0.15) is 0 Å². The Kier molecular flexibility index (Phi) is 7.00. The maximum atomic E-state index is 13.6. The minimum atomic E-state index is -4.96. The summed E-state index contributed by atoms with van der Waals surface area (Å²) in [5.74, 6) is -0.332. The van der Waals surface area contributed by atoms with Gasteiger partial charge in [0.25, 0.3) is 5.91 Å². The van der Waals surface area contributed by atoms with Crippen molar-refractivity contribution in [3.05, 3.63) is 69.8 Å². The molecule has 206 valence electrons. The van der Waals surface area contributed by atoms with Crippen molar-refractivity contribution in [2.24, 2.45) is 4.99 Å². The molecular formula is C26H23F6N5OS. The second kappa shape index (κ2) is 10.0. The Bertz CT molecular complexity index is 1490. The first kappa shape index (κ1) is 27.3. The van der Waals surface area contributed by atoms with Crippen LogP contribution in [0.1, 0.15) is 28.7 Å². The van der Waals surface area contributed by atoms with E-state index in [0.717, 1.165) is 25.6 Å². The fraction of sp³-hybridized carbons (Fsp3) is 0.346. The molecule has 6 nitrogen and oxygen atoms in total. The van der Waals surface area contributed by atoms with Crippen LogP contribution in [0.15, 0.2) is 52.5 Å². The zero-order valence-electron chi connectivity index (χ0n) is 20.8. The number of amides is 1. The molecule has 1 fully saturated rings. The highest BCUT2D eigenvalue weighted by Gasteiger charge is 2.38. The molecule has 1 aromatic heterocycles. The second-order valence-electron chi connectivity index (χ2n) is 9.65. The molecular weight excluding hydrogens is 544 g/mol. The predicted molar refractivity (Wildman–Crippen MR) is 137 cm³/mol. The number of amidine groups is 1. The van der Waals surface area contributed by atoms with Crippen LogP contribution >= 0.6 is 11.8 Å². The van der Waals surface area contributed by atoms with Crippen LogP contribution in [0.5, 0.6) is 0 Å². The summed E-state index contributed by atoms with van der Waals surface area (Å²) in [6.45, 7) is 1.24. The molecule has 0 N–H and O–H groups in total. The number of aliphatic imine (C=N–C) groups is 1. The fourth-order valence-electron chi connectivity index (χ4n) is 4.66. The number of rotatable bonds is 4. The van der Waals surface area contributed by atoms with Crippen molar-refractivity contribution in [1.82, 2.24) is 19.6 Å². The Morgan fingerprint density at radius 2 is 1.85 bits per heavy atom. The third-order valence-corrected chi connectivity index (χ3v) is 7.84. The zero-order chi connectivity index (χ0) is 28.1. The first-order valence-corrected chi connectivity index (χ1v) is 12.8. The molecule has 0 spiro atoms. The van der Waals surface area contributed by atoms with Crippen molar-refractivity contribution in [3.63, 3.8) is 0 Å². The second-order valence-corrected chi connectivity index (χ2v) is 10.7. The highest BCUT2D eigenvalue weighted by atomic mass is 32.2. The minimum absolute atomic E-state index is 0.126. The summed E-state index contributed by atoms with van der Waals surface area (Å²) >= 11 is 1.31. The molecule has 0 bridgehead atoms. The van der Waals surface area contributed by atoms with E-state index in [2.05, 4.69) is 19.9 Å². The lowest BCUT2D eigenvalue weighted by Gasteiger charge is -2.20. The Hall–Kier alpha value is -3.32. The molecule has 5 rings (SSSR count). The molecule has 0 radical (unpaired) electrons. The summed E-state index contributed by atoms with van der Waals surface area (Å²) in [6.07, 6.45) is -5.70.